The van der Waals surface area contributed by atoms with Crippen molar-refractivity contribution in [3.63, 3.8) is 0 Å². The summed E-state index contributed by atoms with van der Waals surface area (Å²) in [5.41, 5.74) is 2.83. The molecule has 25 heavy (non-hydrogen) atoms. The first-order valence-electron chi connectivity index (χ1n) is 7.78. The van der Waals surface area contributed by atoms with E-state index in [4.69, 9.17) is 23.2 Å². The van der Waals surface area contributed by atoms with Gasteiger partial charge in [0.15, 0.2) is 0 Å². The highest BCUT2D eigenvalue weighted by molar-refractivity contribution is 6.36. The van der Waals surface area contributed by atoms with Gasteiger partial charge in [0.05, 0.1) is 17.3 Å². The van der Waals surface area contributed by atoms with E-state index >= 15 is 0 Å². The number of hydrogen-bond acceptors (Lipinski definition) is 3. The smallest absolute Gasteiger partial charge is 0.243 e. The lowest BCUT2D eigenvalue weighted by Gasteiger charge is -2.12. The van der Waals surface area contributed by atoms with Gasteiger partial charge in [-0.2, -0.15) is 0 Å². The van der Waals surface area contributed by atoms with Crippen molar-refractivity contribution in [3.05, 3.63) is 52.0 Å². The van der Waals surface area contributed by atoms with Crippen LogP contribution in [-0.4, -0.2) is 18.4 Å². The van der Waals surface area contributed by atoms with Crippen LogP contribution >= 0.6 is 23.2 Å². The molecule has 0 saturated carbocycles. The minimum Gasteiger partial charge on any atom is -0.375 e. The number of hydrogen-bond donors (Lipinski definition) is 3. The minimum absolute atomic E-state index is 0.0475. The number of amides is 2. The second kappa shape index (κ2) is 8.74. The van der Waals surface area contributed by atoms with Crippen molar-refractivity contribution >= 4 is 52.1 Å². The Labute approximate surface area is 156 Å². The zero-order valence-electron chi connectivity index (χ0n) is 14.0. The number of aryl methyl sites for hydroxylation is 1. The Morgan fingerprint density at radius 2 is 1.72 bits per heavy atom. The molecule has 0 aliphatic rings. The molecular formula is C18H19Cl2N3O2. The van der Waals surface area contributed by atoms with E-state index in [0.29, 0.717) is 33.5 Å². The molecule has 0 bridgehead atoms. The lowest BCUT2D eigenvalue weighted by Crippen LogP contribution is -2.22. The van der Waals surface area contributed by atoms with Crippen LogP contribution in [0.1, 0.15) is 18.9 Å². The van der Waals surface area contributed by atoms with E-state index in [-0.39, 0.29) is 18.4 Å². The number of rotatable bonds is 6. The summed E-state index contributed by atoms with van der Waals surface area (Å²) in [5.74, 6) is -0.312. The minimum atomic E-state index is -0.234. The van der Waals surface area contributed by atoms with Crippen LogP contribution in [0.3, 0.4) is 0 Å². The molecule has 2 amide bonds. The van der Waals surface area contributed by atoms with Gasteiger partial charge in [0, 0.05) is 22.8 Å². The Morgan fingerprint density at radius 1 is 0.960 bits per heavy atom. The maximum Gasteiger partial charge on any atom is 0.243 e. The Bertz CT molecular complexity index is 794. The second-order valence-corrected chi connectivity index (χ2v) is 6.30. The zero-order chi connectivity index (χ0) is 18.4. The van der Waals surface area contributed by atoms with Gasteiger partial charge in [-0.25, -0.2) is 0 Å². The molecule has 0 unspecified atom stereocenters. The summed E-state index contributed by atoms with van der Waals surface area (Å²) >= 11 is 11.9. The molecule has 0 fully saturated rings. The van der Waals surface area contributed by atoms with Crippen LogP contribution < -0.4 is 16.0 Å². The first kappa shape index (κ1) is 19.1. The van der Waals surface area contributed by atoms with Gasteiger partial charge in [0.2, 0.25) is 11.8 Å². The maximum atomic E-state index is 12.1. The van der Waals surface area contributed by atoms with Crippen molar-refractivity contribution in [1.29, 1.82) is 0 Å². The van der Waals surface area contributed by atoms with Gasteiger partial charge in [-0.15, -0.1) is 0 Å². The van der Waals surface area contributed by atoms with E-state index in [1.165, 1.54) is 0 Å². The summed E-state index contributed by atoms with van der Waals surface area (Å²) in [4.78, 5) is 23.7. The highest BCUT2D eigenvalue weighted by Gasteiger charge is 2.08. The fourth-order valence-electron chi connectivity index (χ4n) is 2.09. The molecular weight excluding hydrogens is 361 g/mol. The van der Waals surface area contributed by atoms with Gasteiger partial charge in [0.1, 0.15) is 0 Å². The Morgan fingerprint density at radius 3 is 2.40 bits per heavy atom. The number of carbonyl (C=O) groups is 2. The Balaban J connectivity index is 1.98. The molecule has 5 nitrogen and oxygen atoms in total. The first-order valence-corrected chi connectivity index (χ1v) is 8.54. The molecule has 2 aromatic rings. The molecule has 0 aromatic heterocycles. The largest absolute Gasteiger partial charge is 0.375 e. The van der Waals surface area contributed by atoms with Crippen molar-refractivity contribution in [2.45, 2.75) is 20.3 Å². The molecule has 0 heterocycles. The molecule has 0 spiro atoms. The number of halogens is 2. The summed E-state index contributed by atoms with van der Waals surface area (Å²) < 4.78 is 0. The molecule has 2 rings (SSSR count). The van der Waals surface area contributed by atoms with E-state index < -0.39 is 0 Å². The number of nitrogens with one attached hydrogen (secondary N) is 3. The van der Waals surface area contributed by atoms with Crippen LogP contribution in [0.5, 0.6) is 0 Å². The number of anilines is 3. The summed E-state index contributed by atoms with van der Waals surface area (Å²) in [6, 6.07) is 10.4. The predicted molar refractivity (Wildman–Crippen MR) is 104 cm³/mol. The third-order valence-electron chi connectivity index (χ3n) is 3.49. The van der Waals surface area contributed by atoms with Crippen LogP contribution in [0.25, 0.3) is 0 Å². The van der Waals surface area contributed by atoms with Gasteiger partial charge < -0.3 is 16.0 Å². The van der Waals surface area contributed by atoms with Crippen molar-refractivity contribution in [2.24, 2.45) is 0 Å². The fraction of sp³-hybridized carbons (Fsp3) is 0.222. The third kappa shape index (κ3) is 5.66. The molecule has 0 saturated heterocycles. The highest BCUT2D eigenvalue weighted by Crippen LogP contribution is 2.25. The predicted octanol–water partition coefficient (Wildman–Crippen LogP) is 4.70. The van der Waals surface area contributed by atoms with Crippen molar-refractivity contribution in [2.75, 3.05) is 22.5 Å². The maximum absolute atomic E-state index is 12.1. The summed E-state index contributed by atoms with van der Waals surface area (Å²) in [6.45, 7) is 3.72. The fourth-order valence-corrected chi connectivity index (χ4v) is 2.56. The molecule has 2 aromatic carbocycles. The van der Waals surface area contributed by atoms with Gasteiger partial charge in [0.25, 0.3) is 0 Å². The summed E-state index contributed by atoms with van der Waals surface area (Å²) in [6.07, 6.45) is 0.391. The Hall–Kier alpha value is -2.24. The standard InChI is InChI=1S/C18H19Cl2N3O2/c1-3-17(24)23-16-9-13(6-4-11(16)2)22-18(25)10-21-15-7-5-12(19)8-14(15)20/h4-9,21H,3,10H2,1-2H3,(H,22,25)(H,23,24). The van der Waals surface area contributed by atoms with E-state index in [2.05, 4.69) is 16.0 Å². The third-order valence-corrected chi connectivity index (χ3v) is 4.03. The molecule has 132 valence electrons. The lowest BCUT2D eigenvalue weighted by molar-refractivity contribution is -0.116. The molecule has 0 radical (unpaired) electrons. The second-order valence-electron chi connectivity index (χ2n) is 5.46. The van der Waals surface area contributed by atoms with E-state index in [0.717, 1.165) is 5.56 Å². The van der Waals surface area contributed by atoms with Crippen molar-refractivity contribution in [1.82, 2.24) is 0 Å². The normalized spacial score (nSPS) is 10.2. The van der Waals surface area contributed by atoms with Gasteiger partial charge >= 0.3 is 0 Å². The molecule has 0 aliphatic carbocycles. The molecule has 7 heteroatoms. The van der Waals surface area contributed by atoms with Crippen LogP contribution in [0, 0.1) is 6.92 Å². The van der Waals surface area contributed by atoms with E-state index in [9.17, 15) is 9.59 Å². The molecule has 3 N–H and O–H groups in total. The van der Waals surface area contributed by atoms with E-state index in [1.54, 1.807) is 37.3 Å². The summed E-state index contributed by atoms with van der Waals surface area (Å²) in [5, 5.41) is 9.52. The topological polar surface area (TPSA) is 70.2 Å². The monoisotopic (exact) mass is 379 g/mol. The van der Waals surface area contributed by atoms with Crippen LogP contribution in [0.4, 0.5) is 17.1 Å². The van der Waals surface area contributed by atoms with Crippen molar-refractivity contribution < 1.29 is 9.59 Å². The molecule has 0 atom stereocenters. The zero-order valence-corrected chi connectivity index (χ0v) is 15.5. The highest BCUT2D eigenvalue weighted by atomic mass is 35.5. The van der Waals surface area contributed by atoms with Crippen LogP contribution in [0.2, 0.25) is 10.0 Å². The number of benzene rings is 2. The summed E-state index contributed by atoms with van der Waals surface area (Å²) in [7, 11) is 0. The SMILES string of the molecule is CCC(=O)Nc1cc(NC(=O)CNc2ccc(Cl)cc2Cl)ccc1C. The quantitative estimate of drug-likeness (QED) is 0.680. The average Bonchev–Trinajstić information content (AvgIpc) is 2.57. The van der Waals surface area contributed by atoms with Gasteiger partial charge in [-0.3, -0.25) is 9.59 Å². The van der Waals surface area contributed by atoms with Gasteiger partial charge in [-0.1, -0.05) is 36.2 Å². The lowest BCUT2D eigenvalue weighted by atomic mass is 10.1. The van der Waals surface area contributed by atoms with Crippen LogP contribution in [0.15, 0.2) is 36.4 Å². The van der Waals surface area contributed by atoms with Crippen LogP contribution in [-0.2, 0) is 9.59 Å². The average molecular weight is 380 g/mol. The molecule has 0 aliphatic heterocycles. The van der Waals surface area contributed by atoms with E-state index in [1.807, 2.05) is 13.0 Å². The first-order chi connectivity index (χ1) is 11.9. The van der Waals surface area contributed by atoms with Crippen molar-refractivity contribution in [3.8, 4) is 0 Å². The Kier molecular flexibility index (Phi) is 6.67. The van der Waals surface area contributed by atoms with Gasteiger partial charge in [-0.05, 0) is 42.8 Å². The number of carbonyl (C=O) groups excluding carboxylic acids is 2.